The minimum absolute atomic E-state index is 0.0243. The molecule has 0 radical (unpaired) electrons. The Kier molecular flexibility index (Phi) is 4.18. The van der Waals surface area contributed by atoms with Gasteiger partial charge in [-0.3, -0.25) is 19.8 Å². The number of carbonyl (C=O) groups is 1. The third-order valence-corrected chi connectivity index (χ3v) is 5.13. The zero-order chi connectivity index (χ0) is 14.8. The summed E-state index contributed by atoms with van der Waals surface area (Å²) in [6.07, 6.45) is 0.985. The number of piperazine rings is 1. The molecule has 2 aliphatic rings. The van der Waals surface area contributed by atoms with Gasteiger partial charge in [-0.05, 0) is 12.5 Å². The van der Waals surface area contributed by atoms with Crippen LogP contribution in [0.4, 0.5) is 5.00 Å². The van der Waals surface area contributed by atoms with Crippen molar-refractivity contribution in [1.82, 2.24) is 15.1 Å². The third kappa shape index (κ3) is 3.07. The molecular weight excluding hydrogens is 292 g/mol. The van der Waals surface area contributed by atoms with Crippen LogP contribution in [0.25, 0.3) is 0 Å². The predicted molar refractivity (Wildman–Crippen MR) is 79.7 cm³/mol. The molecular formula is C13H18N4O3S. The molecule has 3 heterocycles. The molecule has 1 atom stereocenters. The second kappa shape index (κ2) is 6.08. The summed E-state index contributed by atoms with van der Waals surface area (Å²) in [5.41, 5.74) is 0. The van der Waals surface area contributed by atoms with Gasteiger partial charge in [0, 0.05) is 51.4 Å². The highest BCUT2D eigenvalue weighted by Crippen LogP contribution is 2.27. The largest absolute Gasteiger partial charge is 0.336 e. The Morgan fingerprint density at radius 2 is 2.10 bits per heavy atom. The van der Waals surface area contributed by atoms with Crippen molar-refractivity contribution in [2.75, 3.05) is 39.3 Å². The zero-order valence-corrected chi connectivity index (χ0v) is 12.5. The molecule has 0 saturated carbocycles. The number of amides is 1. The van der Waals surface area contributed by atoms with Crippen LogP contribution in [-0.2, 0) is 0 Å². The van der Waals surface area contributed by atoms with E-state index in [9.17, 15) is 14.9 Å². The summed E-state index contributed by atoms with van der Waals surface area (Å²) >= 11 is 0.959. The first-order chi connectivity index (χ1) is 10.1. The van der Waals surface area contributed by atoms with E-state index in [0.717, 1.165) is 57.0 Å². The van der Waals surface area contributed by atoms with Crippen molar-refractivity contribution in [1.29, 1.82) is 0 Å². The van der Waals surface area contributed by atoms with Crippen molar-refractivity contribution in [2.24, 2.45) is 0 Å². The number of hydrogen-bond donors (Lipinski definition) is 1. The molecule has 1 amide bonds. The molecule has 21 heavy (non-hydrogen) atoms. The number of rotatable bonds is 3. The van der Waals surface area contributed by atoms with E-state index in [2.05, 4.69) is 10.2 Å². The molecule has 2 saturated heterocycles. The van der Waals surface area contributed by atoms with E-state index in [0.29, 0.717) is 10.9 Å². The molecule has 8 heteroatoms. The van der Waals surface area contributed by atoms with Crippen LogP contribution in [0.5, 0.6) is 0 Å². The van der Waals surface area contributed by atoms with Crippen LogP contribution in [0.1, 0.15) is 16.1 Å². The summed E-state index contributed by atoms with van der Waals surface area (Å²) in [4.78, 5) is 27.4. The van der Waals surface area contributed by atoms with E-state index in [1.807, 2.05) is 4.90 Å². The highest BCUT2D eigenvalue weighted by molar-refractivity contribution is 7.17. The van der Waals surface area contributed by atoms with E-state index in [1.165, 1.54) is 6.07 Å². The minimum Gasteiger partial charge on any atom is -0.336 e. The van der Waals surface area contributed by atoms with Crippen LogP contribution in [0, 0.1) is 10.1 Å². The van der Waals surface area contributed by atoms with Gasteiger partial charge in [0.1, 0.15) is 0 Å². The lowest BCUT2D eigenvalue weighted by molar-refractivity contribution is -0.380. The summed E-state index contributed by atoms with van der Waals surface area (Å²) < 4.78 is 0. The van der Waals surface area contributed by atoms with Gasteiger partial charge in [-0.2, -0.15) is 0 Å². The van der Waals surface area contributed by atoms with Gasteiger partial charge in [-0.25, -0.2) is 0 Å². The standard InChI is InChI=1S/C13H18N4O3S/c18-13(11-1-2-12(21-11)17(19)20)16-6-3-10(9-16)15-7-4-14-5-8-15/h1-2,10,14H,3-9H2. The normalized spacial score (nSPS) is 23.4. The number of hydrogen-bond acceptors (Lipinski definition) is 6. The lowest BCUT2D eigenvalue weighted by Gasteiger charge is -2.32. The molecule has 1 unspecified atom stereocenters. The number of likely N-dealkylation sites (tertiary alicyclic amines) is 1. The molecule has 0 bridgehead atoms. The average Bonchev–Trinajstić information content (AvgIpc) is 3.17. The minimum atomic E-state index is -0.449. The maximum absolute atomic E-state index is 12.4. The highest BCUT2D eigenvalue weighted by Gasteiger charge is 2.32. The second-order valence-electron chi connectivity index (χ2n) is 5.37. The van der Waals surface area contributed by atoms with E-state index in [1.54, 1.807) is 6.07 Å². The van der Waals surface area contributed by atoms with Crippen LogP contribution >= 0.6 is 11.3 Å². The highest BCUT2D eigenvalue weighted by atomic mass is 32.1. The Bertz CT molecular complexity index is 541. The molecule has 2 aliphatic heterocycles. The van der Waals surface area contributed by atoms with E-state index < -0.39 is 4.92 Å². The van der Waals surface area contributed by atoms with Crippen molar-refractivity contribution >= 4 is 22.2 Å². The van der Waals surface area contributed by atoms with Crippen LogP contribution in [-0.4, -0.2) is 65.9 Å². The van der Waals surface area contributed by atoms with Crippen molar-refractivity contribution < 1.29 is 9.72 Å². The maximum Gasteiger partial charge on any atom is 0.324 e. The summed E-state index contributed by atoms with van der Waals surface area (Å²) in [5, 5.41) is 14.0. The molecule has 0 spiro atoms. The SMILES string of the molecule is O=C(c1ccc([N+](=O)[O-])s1)N1CCC(N2CCNCC2)C1. The van der Waals surface area contributed by atoms with Crippen LogP contribution < -0.4 is 5.32 Å². The van der Waals surface area contributed by atoms with Crippen LogP contribution in [0.15, 0.2) is 12.1 Å². The lowest BCUT2D eigenvalue weighted by atomic mass is 10.2. The molecule has 3 rings (SSSR count). The topological polar surface area (TPSA) is 78.7 Å². The van der Waals surface area contributed by atoms with E-state index in [4.69, 9.17) is 0 Å². The van der Waals surface area contributed by atoms with Gasteiger partial charge >= 0.3 is 5.00 Å². The lowest BCUT2D eigenvalue weighted by Crippen LogP contribution is -2.49. The maximum atomic E-state index is 12.4. The Labute approximate surface area is 126 Å². The third-order valence-electron chi connectivity index (χ3n) is 4.10. The zero-order valence-electron chi connectivity index (χ0n) is 11.7. The molecule has 0 aliphatic carbocycles. The molecule has 1 aromatic heterocycles. The van der Waals surface area contributed by atoms with Crippen LogP contribution in [0.2, 0.25) is 0 Å². The monoisotopic (exact) mass is 310 g/mol. The second-order valence-corrected chi connectivity index (χ2v) is 6.44. The predicted octanol–water partition coefficient (Wildman–Crippen LogP) is 0.776. The van der Waals surface area contributed by atoms with Crippen molar-refractivity contribution in [3.63, 3.8) is 0 Å². The van der Waals surface area contributed by atoms with Gasteiger partial charge in [0.25, 0.3) is 5.91 Å². The fraction of sp³-hybridized carbons (Fsp3) is 0.615. The van der Waals surface area contributed by atoms with Gasteiger partial charge in [-0.15, -0.1) is 0 Å². The van der Waals surface area contributed by atoms with Gasteiger partial charge in [0.15, 0.2) is 0 Å². The number of nitrogens with zero attached hydrogens (tertiary/aromatic N) is 3. The number of thiophene rings is 1. The van der Waals surface area contributed by atoms with Crippen LogP contribution in [0.3, 0.4) is 0 Å². The number of nitro groups is 1. The first-order valence-corrected chi connectivity index (χ1v) is 7.95. The quantitative estimate of drug-likeness (QED) is 0.659. The van der Waals surface area contributed by atoms with Gasteiger partial charge in [0.2, 0.25) is 0 Å². The Balaban J connectivity index is 1.62. The number of carbonyl (C=O) groups excluding carboxylic acids is 1. The van der Waals surface area contributed by atoms with E-state index >= 15 is 0 Å². The summed E-state index contributed by atoms with van der Waals surface area (Å²) in [5.74, 6) is -0.0780. The molecule has 1 aromatic rings. The Morgan fingerprint density at radius 3 is 2.76 bits per heavy atom. The van der Waals surface area contributed by atoms with Gasteiger partial charge < -0.3 is 10.2 Å². The molecule has 0 aromatic carbocycles. The Morgan fingerprint density at radius 1 is 1.33 bits per heavy atom. The van der Waals surface area contributed by atoms with Crippen molar-refractivity contribution in [2.45, 2.75) is 12.5 Å². The van der Waals surface area contributed by atoms with Gasteiger partial charge in [0.05, 0.1) is 9.80 Å². The van der Waals surface area contributed by atoms with Crippen molar-refractivity contribution in [3.8, 4) is 0 Å². The molecule has 7 nitrogen and oxygen atoms in total. The van der Waals surface area contributed by atoms with Gasteiger partial charge in [-0.1, -0.05) is 11.3 Å². The summed E-state index contributed by atoms with van der Waals surface area (Å²) in [7, 11) is 0. The smallest absolute Gasteiger partial charge is 0.324 e. The first kappa shape index (κ1) is 14.4. The van der Waals surface area contributed by atoms with Crippen molar-refractivity contribution in [3.05, 3.63) is 27.1 Å². The summed E-state index contributed by atoms with van der Waals surface area (Å²) in [6.45, 7) is 5.52. The summed E-state index contributed by atoms with van der Waals surface area (Å²) in [6, 6.07) is 3.39. The molecule has 114 valence electrons. The average molecular weight is 310 g/mol. The molecule has 1 N–H and O–H groups in total. The number of nitrogens with one attached hydrogen (secondary N) is 1. The van der Waals surface area contributed by atoms with E-state index in [-0.39, 0.29) is 10.9 Å². The first-order valence-electron chi connectivity index (χ1n) is 7.13. The molecule has 2 fully saturated rings. The Hall–Kier alpha value is -1.51. The fourth-order valence-electron chi connectivity index (χ4n) is 2.97. The fourth-order valence-corrected chi connectivity index (χ4v) is 3.76.